The molecule has 2 heterocycles. The molecule has 2 aromatic rings. The van der Waals surface area contributed by atoms with Crippen LogP contribution in [0.4, 0.5) is 5.95 Å². The lowest BCUT2D eigenvalue weighted by Crippen LogP contribution is -2.21. The van der Waals surface area contributed by atoms with Crippen molar-refractivity contribution in [1.29, 1.82) is 0 Å². The molecule has 1 aromatic carbocycles. The molecule has 0 spiro atoms. The number of hydrogen-bond acceptors (Lipinski definition) is 5. The normalized spacial score (nSPS) is 14.5. The first-order chi connectivity index (χ1) is 10.2. The standard InChI is InChI=1S/C15H17ClN4O/c1-10-9-11(21-2)5-6-12(10)13-17-14(16)19-15(18-13)20-7-3-4-8-20/h5-6,9H,3-4,7-8H2,1-2H3. The summed E-state index contributed by atoms with van der Waals surface area (Å²) in [5, 5.41) is 0.233. The van der Waals surface area contributed by atoms with E-state index in [-0.39, 0.29) is 5.28 Å². The van der Waals surface area contributed by atoms with Gasteiger partial charge in [-0.15, -0.1) is 0 Å². The Balaban J connectivity index is 2.01. The van der Waals surface area contributed by atoms with Crippen LogP contribution in [0.15, 0.2) is 18.2 Å². The molecule has 0 atom stereocenters. The fourth-order valence-corrected chi connectivity index (χ4v) is 2.69. The van der Waals surface area contributed by atoms with Gasteiger partial charge in [-0.3, -0.25) is 0 Å². The molecule has 1 aliphatic rings. The first-order valence-electron chi connectivity index (χ1n) is 6.99. The zero-order chi connectivity index (χ0) is 14.8. The lowest BCUT2D eigenvalue weighted by Gasteiger charge is -2.16. The highest BCUT2D eigenvalue weighted by Gasteiger charge is 2.18. The highest BCUT2D eigenvalue weighted by molar-refractivity contribution is 6.28. The number of aryl methyl sites for hydroxylation is 1. The van der Waals surface area contributed by atoms with Crippen LogP contribution < -0.4 is 9.64 Å². The van der Waals surface area contributed by atoms with Crippen molar-refractivity contribution < 1.29 is 4.74 Å². The molecule has 0 saturated carbocycles. The van der Waals surface area contributed by atoms with Crippen molar-refractivity contribution in [3.05, 3.63) is 29.0 Å². The summed E-state index contributed by atoms with van der Waals surface area (Å²) in [5.74, 6) is 2.09. The number of rotatable bonds is 3. The van der Waals surface area contributed by atoms with Gasteiger partial charge in [-0.25, -0.2) is 0 Å². The van der Waals surface area contributed by atoms with E-state index in [9.17, 15) is 0 Å². The number of aromatic nitrogens is 3. The Labute approximate surface area is 129 Å². The number of nitrogens with zero attached hydrogens (tertiary/aromatic N) is 4. The summed E-state index contributed by atoms with van der Waals surface area (Å²) in [7, 11) is 1.65. The topological polar surface area (TPSA) is 51.1 Å². The molecule has 0 amide bonds. The highest BCUT2D eigenvalue weighted by Crippen LogP contribution is 2.27. The van der Waals surface area contributed by atoms with Gasteiger partial charge in [-0.05, 0) is 55.1 Å². The molecule has 0 bridgehead atoms. The lowest BCUT2D eigenvalue weighted by molar-refractivity contribution is 0.414. The van der Waals surface area contributed by atoms with Crippen molar-refractivity contribution >= 4 is 17.5 Å². The minimum Gasteiger partial charge on any atom is -0.497 e. The quantitative estimate of drug-likeness (QED) is 0.872. The van der Waals surface area contributed by atoms with Gasteiger partial charge in [-0.2, -0.15) is 15.0 Å². The predicted molar refractivity (Wildman–Crippen MR) is 83.0 cm³/mol. The fraction of sp³-hybridized carbons (Fsp3) is 0.400. The van der Waals surface area contributed by atoms with Crippen LogP contribution in [-0.4, -0.2) is 35.2 Å². The molecule has 1 aromatic heterocycles. The highest BCUT2D eigenvalue weighted by atomic mass is 35.5. The number of hydrogen-bond donors (Lipinski definition) is 0. The van der Waals surface area contributed by atoms with Gasteiger partial charge < -0.3 is 9.64 Å². The van der Waals surface area contributed by atoms with Crippen molar-refractivity contribution in [1.82, 2.24) is 15.0 Å². The molecule has 0 unspecified atom stereocenters. The minimum atomic E-state index is 0.233. The molecule has 1 saturated heterocycles. The Kier molecular flexibility index (Phi) is 3.92. The van der Waals surface area contributed by atoms with E-state index in [1.165, 1.54) is 12.8 Å². The summed E-state index contributed by atoms with van der Waals surface area (Å²) in [6.45, 7) is 3.95. The van der Waals surface area contributed by atoms with Crippen LogP contribution >= 0.6 is 11.6 Å². The van der Waals surface area contributed by atoms with Crippen LogP contribution in [0.5, 0.6) is 5.75 Å². The Morgan fingerprint density at radius 1 is 1.14 bits per heavy atom. The van der Waals surface area contributed by atoms with Gasteiger partial charge in [0.2, 0.25) is 11.2 Å². The van der Waals surface area contributed by atoms with Crippen molar-refractivity contribution in [2.45, 2.75) is 19.8 Å². The monoisotopic (exact) mass is 304 g/mol. The lowest BCUT2D eigenvalue weighted by atomic mass is 10.1. The zero-order valence-electron chi connectivity index (χ0n) is 12.1. The summed E-state index contributed by atoms with van der Waals surface area (Å²) in [4.78, 5) is 15.2. The maximum Gasteiger partial charge on any atom is 0.230 e. The number of methoxy groups -OCH3 is 1. The number of benzene rings is 1. The van der Waals surface area contributed by atoms with Crippen LogP contribution in [0.3, 0.4) is 0 Å². The van der Waals surface area contributed by atoms with E-state index in [1.807, 2.05) is 25.1 Å². The molecule has 110 valence electrons. The summed E-state index contributed by atoms with van der Waals surface area (Å²) >= 11 is 6.08. The molecule has 0 N–H and O–H groups in total. The predicted octanol–water partition coefficient (Wildman–Crippen LogP) is 3.11. The molecule has 5 nitrogen and oxygen atoms in total. The van der Waals surface area contributed by atoms with Gasteiger partial charge >= 0.3 is 0 Å². The summed E-state index contributed by atoms with van der Waals surface area (Å²) in [6, 6.07) is 5.81. The molecule has 0 radical (unpaired) electrons. The minimum absolute atomic E-state index is 0.233. The molecular weight excluding hydrogens is 288 g/mol. The second-order valence-electron chi connectivity index (χ2n) is 5.10. The van der Waals surface area contributed by atoms with E-state index in [2.05, 4.69) is 19.9 Å². The van der Waals surface area contributed by atoms with Crippen molar-refractivity contribution in [3.63, 3.8) is 0 Å². The van der Waals surface area contributed by atoms with Crippen LogP contribution in [0.1, 0.15) is 18.4 Å². The molecule has 21 heavy (non-hydrogen) atoms. The first-order valence-corrected chi connectivity index (χ1v) is 7.37. The Bertz CT molecular complexity index is 656. The molecule has 0 aliphatic carbocycles. The van der Waals surface area contributed by atoms with Crippen LogP contribution in [0.2, 0.25) is 5.28 Å². The maximum absolute atomic E-state index is 6.08. The van der Waals surface area contributed by atoms with E-state index in [1.54, 1.807) is 7.11 Å². The third-order valence-corrected chi connectivity index (χ3v) is 3.83. The van der Waals surface area contributed by atoms with E-state index in [0.717, 1.165) is 30.0 Å². The van der Waals surface area contributed by atoms with Crippen LogP contribution in [0, 0.1) is 6.92 Å². The second kappa shape index (κ2) is 5.85. The zero-order valence-corrected chi connectivity index (χ0v) is 12.9. The molecule has 1 aliphatic heterocycles. The molecule has 1 fully saturated rings. The van der Waals surface area contributed by atoms with Crippen molar-refractivity contribution in [2.24, 2.45) is 0 Å². The largest absolute Gasteiger partial charge is 0.497 e. The maximum atomic E-state index is 6.08. The molecular formula is C15H17ClN4O. The number of anilines is 1. The van der Waals surface area contributed by atoms with E-state index in [0.29, 0.717) is 11.8 Å². The third-order valence-electron chi connectivity index (χ3n) is 3.66. The second-order valence-corrected chi connectivity index (χ2v) is 5.44. The van der Waals surface area contributed by atoms with Gasteiger partial charge in [0.15, 0.2) is 5.82 Å². The van der Waals surface area contributed by atoms with E-state index >= 15 is 0 Å². The summed E-state index contributed by atoms with van der Waals surface area (Å²) in [6.07, 6.45) is 2.33. The number of ether oxygens (including phenoxy) is 1. The summed E-state index contributed by atoms with van der Waals surface area (Å²) in [5.41, 5.74) is 1.99. The van der Waals surface area contributed by atoms with E-state index < -0.39 is 0 Å². The average Bonchev–Trinajstić information content (AvgIpc) is 3.00. The number of halogens is 1. The van der Waals surface area contributed by atoms with Crippen molar-refractivity contribution in [3.8, 4) is 17.1 Å². The molecule has 3 rings (SSSR count). The smallest absolute Gasteiger partial charge is 0.230 e. The Morgan fingerprint density at radius 3 is 2.57 bits per heavy atom. The SMILES string of the molecule is COc1ccc(-c2nc(Cl)nc(N3CCCC3)n2)c(C)c1. The van der Waals surface area contributed by atoms with Gasteiger partial charge in [0.25, 0.3) is 0 Å². The van der Waals surface area contributed by atoms with Gasteiger partial charge in [0.1, 0.15) is 5.75 Å². The van der Waals surface area contributed by atoms with Crippen LogP contribution in [0.25, 0.3) is 11.4 Å². The summed E-state index contributed by atoms with van der Waals surface area (Å²) < 4.78 is 5.23. The Morgan fingerprint density at radius 2 is 1.90 bits per heavy atom. The fourth-order valence-electron chi connectivity index (χ4n) is 2.53. The van der Waals surface area contributed by atoms with Gasteiger partial charge in [0.05, 0.1) is 7.11 Å². The van der Waals surface area contributed by atoms with E-state index in [4.69, 9.17) is 16.3 Å². The average molecular weight is 305 g/mol. The van der Waals surface area contributed by atoms with Crippen molar-refractivity contribution in [2.75, 3.05) is 25.1 Å². The Hall–Kier alpha value is -1.88. The third kappa shape index (κ3) is 2.93. The van der Waals surface area contributed by atoms with Gasteiger partial charge in [-0.1, -0.05) is 0 Å². The molecule has 6 heteroatoms. The first kappa shape index (κ1) is 14.1. The van der Waals surface area contributed by atoms with Crippen LogP contribution in [-0.2, 0) is 0 Å². The van der Waals surface area contributed by atoms with Gasteiger partial charge in [0, 0.05) is 18.7 Å².